The highest BCUT2D eigenvalue weighted by atomic mass is 35.5. The van der Waals surface area contributed by atoms with Crippen molar-refractivity contribution in [1.82, 2.24) is 5.32 Å². The first-order valence-electron chi connectivity index (χ1n) is 6.02. The molecule has 0 saturated carbocycles. The third kappa shape index (κ3) is 3.26. The van der Waals surface area contributed by atoms with E-state index in [0.29, 0.717) is 5.69 Å². The minimum Gasteiger partial charge on any atom is -0.313 e. The van der Waals surface area contributed by atoms with Crippen molar-refractivity contribution in [3.05, 3.63) is 42.5 Å². The molecule has 2 atom stereocenters. The van der Waals surface area contributed by atoms with Gasteiger partial charge >= 0.3 is 6.03 Å². The van der Waals surface area contributed by atoms with E-state index in [4.69, 9.17) is 69.6 Å². The fourth-order valence-electron chi connectivity index (χ4n) is 1.83. The molecule has 0 radical (unpaired) electrons. The molecule has 2 amide bonds. The predicted molar refractivity (Wildman–Crippen MR) is 94.8 cm³/mol. The molecular formula is C13H10Cl6N2O. The number of alkyl halides is 6. The van der Waals surface area contributed by atoms with Gasteiger partial charge < -0.3 is 10.6 Å². The first-order valence-corrected chi connectivity index (χ1v) is 8.35. The van der Waals surface area contributed by atoms with Crippen LogP contribution >= 0.6 is 69.6 Å². The van der Waals surface area contributed by atoms with Gasteiger partial charge in [0.1, 0.15) is 0 Å². The van der Waals surface area contributed by atoms with Crippen molar-refractivity contribution >= 4 is 81.3 Å². The standard InChI is InChI=1S/C13H10Cl6N2O/c14-9-6-7-11(15,13(18,19)12(9,16)17)21-10(22)20-8-4-2-1-3-5-8/h1-7,9H,(H2,20,21,22). The second kappa shape index (κ2) is 6.46. The second-order valence-corrected chi connectivity index (χ2v) is 8.39. The Hall–Kier alpha value is -0.0300. The molecule has 1 aliphatic carbocycles. The molecule has 0 saturated heterocycles. The quantitative estimate of drug-likeness (QED) is 0.380. The van der Waals surface area contributed by atoms with Crippen molar-refractivity contribution < 1.29 is 4.79 Å². The number of carbonyl (C=O) groups excluding carboxylic acids is 1. The third-order valence-electron chi connectivity index (χ3n) is 3.04. The number of hydrogen-bond acceptors (Lipinski definition) is 1. The maximum absolute atomic E-state index is 12.1. The number of halogens is 6. The summed E-state index contributed by atoms with van der Waals surface area (Å²) in [6, 6.07) is 8.12. The van der Waals surface area contributed by atoms with Crippen molar-refractivity contribution in [2.45, 2.75) is 19.0 Å². The van der Waals surface area contributed by atoms with Crippen molar-refractivity contribution in [2.24, 2.45) is 0 Å². The second-order valence-electron chi connectivity index (χ2n) is 4.62. The number of rotatable bonds is 2. The Morgan fingerprint density at radius 3 is 2.23 bits per heavy atom. The molecule has 22 heavy (non-hydrogen) atoms. The van der Waals surface area contributed by atoms with Gasteiger partial charge in [0.2, 0.25) is 0 Å². The van der Waals surface area contributed by atoms with Gasteiger partial charge in [0, 0.05) is 5.69 Å². The molecular weight excluding hydrogens is 413 g/mol. The molecule has 2 N–H and O–H groups in total. The van der Waals surface area contributed by atoms with Crippen molar-refractivity contribution in [3.8, 4) is 0 Å². The van der Waals surface area contributed by atoms with Gasteiger partial charge in [-0.05, 0) is 18.2 Å². The Kier molecular flexibility index (Phi) is 5.38. The van der Waals surface area contributed by atoms with Gasteiger partial charge in [-0.3, -0.25) is 0 Å². The van der Waals surface area contributed by atoms with E-state index in [2.05, 4.69) is 10.6 Å². The molecule has 2 unspecified atom stereocenters. The highest BCUT2D eigenvalue weighted by Crippen LogP contribution is 2.57. The smallest absolute Gasteiger partial charge is 0.313 e. The number of allylic oxidation sites excluding steroid dienone is 1. The van der Waals surface area contributed by atoms with Crippen LogP contribution in [0.1, 0.15) is 0 Å². The monoisotopic (exact) mass is 420 g/mol. The number of hydrogen-bond donors (Lipinski definition) is 2. The fraction of sp³-hybridized carbons (Fsp3) is 0.308. The number of anilines is 1. The Labute approximate surface area is 157 Å². The van der Waals surface area contributed by atoms with Gasteiger partial charge in [0.25, 0.3) is 0 Å². The topological polar surface area (TPSA) is 41.1 Å². The van der Waals surface area contributed by atoms with Crippen molar-refractivity contribution in [3.63, 3.8) is 0 Å². The average Bonchev–Trinajstić information content (AvgIpc) is 2.44. The fourth-order valence-corrected chi connectivity index (χ4v) is 3.48. The van der Waals surface area contributed by atoms with Crippen LogP contribution in [0.3, 0.4) is 0 Å². The average molecular weight is 423 g/mol. The van der Waals surface area contributed by atoms with E-state index in [1.807, 2.05) is 6.07 Å². The van der Waals surface area contributed by atoms with Gasteiger partial charge in [0.05, 0.1) is 5.38 Å². The predicted octanol–water partition coefficient (Wildman–Crippen LogP) is 5.27. The van der Waals surface area contributed by atoms with Crippen LogP contribution in [0, 0.1) is 0 Å². The number of carbonyl (C=O) groups is 1. The van der Waals surface area contributed by atoms with E-state index < -0.39 is 25.1 Å². The summed E-state index contributed by atoms with van der Waals surface area (Å²) in [7, 11) is 0. The molecule has 0 fully saturated rings. The summed E-state index contributed by atoms with van der Waals surface area (Å²) in [6.45, 7) is 0. The maximum Gasteiger partial charge on any atom is 0.320 e. The lowest BCUT2D eigenvalue weighted by molar-refractivity contribution is 0.246. The maximum atomic E-state index is 12.1. The lowest BCUT2D eigenvalue weighted by Crippen LogP contribution is -2.65. The third-order valence-corrected chi connectivity index (χ3v) is 7.05. The Morgan fingerprint density at radius 1 is 1.05 bits per heavy atom. The molecule has 0 heterocycles. The van der Waals surface area contributed by atoms with Crippen LogP contribution in [0.4, 0.5) is 10.5 Å². The molecule has 0 spiro atoms. The first-order chi connectivity index (χ1) is 10.1. The molecule has 1 aliphatic rings. The van der Waals surface area contributed by atoms with Crippen LogP contribution in [0.25, 0.3) is 0 Å². The highest BCUT2D eigenvalue weighted by molar-refractivity contribution is 6.67. The first kappa shape index (κ1) is 18.3. The van der Waals surface area contributed by atoms with Gasteiger partial charge in [-0.2, -0.15) is 0 Å². The summed E-state index contributed by atoms with van der Waals surface area (Å²) in [6.07, 6.45) is 2.76. The zero-order valence-electron chi connectivity index (χ0n) is 10.8. The summed E-state index contributed by atoms with van der Waals surface area (Å²) >= 11 is 36.9. The van der Waals surface area contributed by atoms with Crippen LogP contribution in [0.2, 0.25) is 0 Å². The van der Waals surface area contributed by atoms with Gasteiger partial charge in [-0.25, -0.2) is 4.79 Å². The van der Waals surface area contributed by atoms with Crippen molar-refractivity contribution in [1.29, 1.82) is 0 Å². The van der Waals surface area contributed by atoms with Crippen LogP contribution in [-0.4, -0.2) is 25.1 Å². The summed E-state index contributed by atoms with van der Waals surface area (Å²) in [4.78, 5) is 10.3. The van der Waals surface area contributed by atoms with E-state index in [9.17, 15) is 4.79 Å². The minimum absolute atomic E-state index is 0.563. The Bertz CT molecular complexity index is 591. The SMILES string of the molecule is O=C(Nc1ccccc1)NC1(Cl)C=CC(Cl)C(Cl)(Cl)C1(Cl)Cl. The zero-order valence-corrected chi connectivity index (χ0v) is 15.3. The Balaban J connectivity index is 2.20. The van der Waals surface area contributed by atoms with Crippen LogP contribution in [0.15, 0.2) is 42.5 Å². The summed E-state index contributed by atoms with van der Waals surface area (Å²) < 4.78 is -3.78. The van der Waals surface area contributed by atoms with E-state index >= 15 is 0 Å². The number of amides is 2. The van der Waals surface area contributed by atoms with Gasteiger partial charge in [-0.1, -0.05) is 82.3 Å². The Morgan fingerprint density at radius 2 is 1.64 bits per heavy atom. The van der Waals surface area contributed by atoms with Crippen molar-refractivity contribution in [2.75, 3.05) is 5.32 Å². The summed E-state index contributed by atoms with van der Waals surface area (Å²) in [5, 5.41) is 4.16. The van der Waals surface area contributed by atoms with Crippen LogP contribution in [0.5, 0.6) is 0 Å². The normalized spacial score (nSPS) is 28.9. The lowest BCUT2D eigenvalue weighted by atomic mass is 9.99. The zero-order chi connectivity index (χ0) is 16.6. The number of urea groups is 1. The van der Waals surface area contributed by atoms with Gasteiger partial charge in [0.15, 0.2) is 13.7 Å². The van der Waals surface area contributed by atoms with Crippen LogP contribution in [-0.2, 0) is 0 Å². The molecule has 0 aromatic heterocycles. The molecule has 3 nitrogen and oxygen atoms in total. The molecule has 2 rings (SSSR count). The van der Waals surface area contributed by atoms with E-state index in [-0.39, 0.29) is 0 Å². The molecule has 9 heteroatoms. The highest BCUT2D eigenvalue weighted by Gasteiger charge is 2.65. The lowest BCUT2D eigenvalue weighted by Gasteiger charge is -2.47. The van der Waals surface area contributed by atoms with Gasteiger partial charge in [-0.15, -0.1) is 11.6 Å². The summed E-state index contributed by atoms with van der Waals surface area (Å²) in [5.74, 6) is 0. The molecule has 1 aromatic rings. The van der Waals surface area contributed by atoms with E-state index in [1.165, 1.54) is 12.2 Å². The van der Waals surface area contributed by atoms with E-state index in [1.54, 1.807) is 24.3 Å². The number of para-hydroxylation sites is 1. The summed E-state index contributed by atoms with van der Waals surface area (Å²) in [5.41, 5.74) is 0.563. The minimum atomic E-state index is -1.97. The molecule has 0 bridgehead atoms. The molecule has 1 aromatic carbocycles. The number of nitrogens with one attached hydrogen (secondary N) is 2. The number of benzene rings is 1. The molecule has 120 valence electrons. The molecule has 0 aliphatic heterocycles. The van der Waals surface area contributed by atoms with E-state index in [0.717, 1.165) is 0 Å². The largest absolute Gasteiger partial charge is 0.320 e. The van der Waals surface area contributed by atoms with Crippen LogP contribution < -0.4 is 10.6 Å².